The fourth-order valence-electron chi connectivity index (χ4n) is 3.25. The summed E-state index contributed by atoms with van der Waals surface area (Å²) in [5.41, 5.74) is 1.36. The van der Waals surface area contributed by atoms with E-state index < -0.39 is 29.7 Å². The van der Waals surface area contributed by atoms with Gasteiger partial charge >= 0.3 is 6.09 Å². The minimum Gasteiger partial charge on any atom is -0.447 e. The smallest absolute Gasteiger partial charge is 0.407 e. The van der Waals surface area contributed by atoms with Crippen LogP contribution in [0.3, 0.4) is 0 Å². The van der Waals surface area contributed by atoms with E-state index >= 15 is 0 Å². The van der Waals surface area contributed by atoms with E-state index in [0.29, 0.717) is 24.1 Å². The fraction of sp³-hybridized carbons (Fsp3) is 0.300. The molecule has 0 saturated heterocycles. The molecule has 0 unspecified atom stereocenters. The lowest BCUT2D eigenvalue weighted by atomic mass is 10.0. The van der Waals surface area contributed by atoms with Crippen molar-refractivity contribution < 1.29 is 27.8 Å². The Kier molecular flexibility index (Phi) is 6.66. The van der Waals surface area contributed by atoms with Crippen molar-refractivity contribution in [3.8, 4) is 0 Å². The quantitative estimate of drug-likeness (QED) is 0.680. The van der Waals surface area contributed by atoms with Crippen LogP contribution in [0.15, 0.2) is 30.3 Å². The van der Waals surface area contributed by atoms with Gasteiger partial charge in [-0.15, -0.1) is 0 Å². The highest BCUT2D eigenvalue weighted by Gasteiger charge is 2.31. The molecule has 6 nitrogen and oxygen atoms in total. The first-order chi connectivity index (χ1) is 13.9. The zero-order valence-electron chi connectivity index (χ0n) is 15.6. The molecule has 2 aromatic carbocycles. The fourth-order valence-corrected chi connectivity index (χ4v) is 3.43. The van der Waals surface area contributed by atoms with E-state index in [2.05, 4.69) is 10.6 Å². The molecule has 1 aliphatic rings. The normalized spacial score (nSPS) is 15.0. The second-order valence-corrected chi connectivity index (χ2v) is 6.84. The molecule has 1 atom stereocenters. The van der Waals surface area contributed by atoms with Crippen molar-refractivity contribution in [1.82, 2.24) is 5.32 Å². The molecule has 2 aromatic rings. The molecular formula is C20H19ClF2N2O4. The summed E-state index contributed by atoms with van der Waals surface area (Å²) in [7, 11) is 1.48. The van der Waals surface area contributed by atoms with Crippen LogP contribution >= 0.6 is 11.6 Å². The van der Waals surface area contributed by atoms with Gasteiger partial charge in [0.2, 0.25) is 0 Å². The van der Waals surface area contributed by atoms with Gasteiger partial charge in [-0.2, -0.15) is 0 Å². The number of amides is 2. The topological polar surface area (TPSA) is 76.7 Å². The summed E-state index contributed by atoms with van der Waals surface area (Å²) in [4.78, 5) is 24.6. The summed E-state index contributed by atoms with van der Waals surface area (Å²) in [5.74, 6) is -1.59. The first kappa shape index (κ1) is 21.0. The zero-order chi connectivity index (χ0) is 21.0. The first-order valence-corrected chi connectivity index (χ1v) is 9.28. The van der Waals surface area contributed by atoms with Gasteiger partial charge in [-0.05, 0) is 48.7 Å². The molecule has 1 aliphatic carbocycles. The molecule has 2 amide bonds. The van der Waals surface area contributed by atoms with Crippen molar-refractivity contribution in [3.05, 3.63) is 63.7 Å². The number of ether oxygens (including phenoxy) is 2. The maximum absolute atomic E-state index is 14.5. The van der Waals surface area contributed by atoms with Crippen molar-refractivity contribution in [3.63, 3.8) is 0 Å². The van der Waals surface area contributed by atoms with E-state index in [1.54, 1.807) is 0 Å². The Bertz CT molecular complexity index is 939. The second-order valence-electron chi connectivity index (χ2n) is 6.43. The summed E-state index contributed by atoms with van der Waals surface area (Å²) in [5, 5.41) is 5.12. The van der Waals surface area contributed by atoms with Crippen LogP contribution in [0.4, 0.5) is 19.3 Å². The Hall–Kier alpha value is -2.71. The number of alkyl carbamates (subject to hydrolysis) is 1. The van der Waals surface area contributed by atoms with Crippen LogP contribution in [0.25, 0.3) is 0 Å². The molecule has 0 spiro atoms. The Morgan fingerprint density at radius 3 is 2.66 bits per heavy atom. The highest BCUT2D eigenvalue weighted by molar-refractivity contribution is 6.31. The third kappa shape index (κ3) is 4.83. The first-order valence-electron chi connectivity index (χ1n) is 8.90. The van der Waals surface area contributed by atoms with E-state index in [0.717, 1.165) is 6.07 Å². The van der Waals surface area contributed by atoms with Crippen LogP contribution in [0.1, 0.15) is 33.9 Å². The Morgan fingerprint density at radius 2 is 1.93 bits per heavy atom. The summed E-state index contributed by atoms with van der Waals surface area (Å²) in [6.07, 6.45) is 0.150. The summed E-state index contributed by atoms with van der Waals surface area (Å²) in [6.45, 7) is 0.327. The molecule has 0 aromatic heterocycles. The van der Waals surface area contributed by atoms with Crippen molar-refractivity contribution >= 4 is 29.3 Å². The van der Waals surface area contributed by atoms with Crippen molar-refractivity contribution in [2.24, 2.45) is 0 Å². The highest BCUT2D eigenvalue weighted by Crippen LogP contribution is 2.36. The number of methoxy groups -OCH3 is 1. The van der Waals surface area contributed by atoms with Gasteiger partial charge in [-0.1, -0.05) is 11.6 Å². The zero-order valence-corrected chi connectivity index (χ0v) is 16.3. The maximum atomic E-state index is 14.5. The van der Waals surface area contributed by atoms with Crippen LogP contribution in [0.5, 0.6) is 0 Å². The monoisotopic (exact) mass is 424 g/mol. The second kappa shape index (κ2) is 9.19. The number of carbonyl (C=O) groups excluding carboxylic acids is 2. The number of hydrogen-bond donors (Lipinski definition) is 2. The number of carbonyl (C=O) groups is 2. The molecular weight excluding hydrogens is 406 g/mol. The number of fused-ring (bicyclic) bond motifs is 1. The van der Waals surface area contributed by atoms with Gasteiger partial charge in [0.25, 0.3) is 5.91 Å². The third-order valence-corrected chi connectivity index (χ3v) is 4.86. The van der Waals surface area contributed by atoms with E-state index in [-0.39, 0.29) is 29.4 Å². The minimum absolute atomic E-state index is 0.0765. The maximum Gasteiger partial charge on any atom is 0.407 e. The highest BCUT2D eigenvalue weighted by atomic mass is 35.5. The predicted molar refractivity (Wildman–Crippen MR) is 103 cm³/mol. The van der Waals surface area contributed by atoms with Gasteiger partial charge in [0.15, 0.2) is 0 Å². The van der Waals surface area contributed by atoms with Crippen LogP contribution in [-0.2, 0) is 15.9 Å². The number of benzene rings is 2. The van der Waals surface area contributed by atoms with Crippen molar-refractivity contribution in [2.75, 3.05) is 25.6 Å². The molecule has 2 N–H and O–H groups in total. The summed E-state index contributed by atoms with van der Waals surface area (Å²) < 4.78 is 37.5. The molecule has 0 fully saturated rings. The molecule has 29 heavy (non-hydrogen) atoms. The van der Waals surface area contributed by atoms with Gasteiger partial charge < -0.3 is 20.1 Å². The van der Waals surface area contributed by atoms with E-state index in [4.69, 9.17) is 21.1 Å². The molecule has 0 saturated carbocycles. The molecule has 0 aliphatic heterocycles. The van der Waals surface area contributed by atoms with Gasteiger partial charge in [0.05, 0.1) is 17.7 Å². The molecule has 154 valence electrons. The lowest BCUT2D eigenvalue weighted by Crippen LogP contribution is -2.29. The average molecular weight is 425 g/mol. The Morgan fingerprint density at radius 1 is 1.17 bits per heavy atom. The van der Waals surface area contributed by atoms with Crippen LogP contribution < -0.4 is 10.6 Å². The molecule has 0 radical (unpaired) electrons. The van der Waals surface area contributed by atoms with Gasteiger partial charge in [-0.25, -0.2) is 13.6 Å². The Balaban J connectivity index is 1.77. The summed E-state index contributed by atoms with van der Waals surface area (Å²) in [6, 6.07) is 5.77. The van der Waals surface area contributed by atoms with E-state index in [1.165, 1.54) is 31.4 Å². The molecule has 0 heterocycles. The van der Waals surface area contributed by atoms with Crippen LogP contribution in [0, 0.1) is 11.6 Å². The number of nitrogens with one attached hydrogen (secondary N) is 2. The lowest BCUT2D eigenvalue weighted by molar-refractivity contribution is 0.0963. The molecule has 0 bridgehead atoms. The number of halogens is 3. The third-order valence-electron chi connectivity index (χ3n) is 4.57. The number of anilines is 1. The predicted octanol–water partition coefficient (Wildman–Crippen LogP) is 4.23. The summed E-state index contributed by atoms with van der Waals surface area (Å²) >= 11 is 5.74. The lowest BCUT2D eigenvalue weighted by Gasteiger charge is -2.16. The van der Waals surface area contributed by atoms with E-state index in [9.17, 15) is 18.4 Å². The minimum atomic E-state index is -0.685. The SMILES string of the molecule is COCCOC(=O)N[C@H]1CCc2c(C(=O)Nc3ccc(F)c(Cl)c3)ccc(F)c21. The van der Waals surface area contributed by atoms with Crippen LogP contribution in [0.2, 0.25) is 5.02 Å². The van der Waals surface area contributed by atoms with Gasteiger partial charge in [0, 0.05) is 23.9 Å². The number of hydrogen-bond acceptors (Lipinski definition) is 4. The Labute approximate surface area is 171 Å². The van der Waals surface area contributed by atoms with Gasteiger partial charge in [0.1, 0.15) is 18.2 Å². The number of rotatable bonds is 6. The van der Waals surface area contributed by atoms with E-state index in [1.807, 2.05) is 0 Å². The molecule has 3 rings (SSSR count). The van der Waals surface area contributed by atoms with Crippen molar-refractivity contribution in [2.45, 2.75) is 18.9 Å². The average Bonchev–Trinajstić information content (AvgIpc) is 3.09. The van der Waals surface area contributed by atoms with Crippen molar-refractivity contribution in [1.29, 1.82) is 0 Å². The van der Waals surface area contributed by atoms with Gasteiger partial charge in [-0.3, -0.25) is 4.79 Å². The van der Waals surface area contributed by atoms with Crippen LogP contribution in [-0.4, -0.2) is 32.3 Å². The largest absolute Gasteiger partial charge is 0.447 e. The molecule has 9 heteroatoms. The standard InChI is InChI=1S/C20H19ClF2N2O4/c1-28-8-9-29-20(27)25-17-7-4-12-13(3-6-16(23)18(12)17)19(26)24-11-2-5-15(22)14(21)10-11/h2-3,5-6,10,17H,4,7-9H2,1H3,(H,24,26)(H,25,27)/t17-/m0/s1.